The first-order valence-electron chi connectivity index (χ1n) is 4.85. The van der Waals surface area contributed by atoms with Crippen LogP contribution in [-0.4, -0.2) is 32.2 Å². The summed E-state index contributed by atoms with van der Waals surface area (Å²) in [5, 5.41) is 2.99. The van der Waals surface area contributed by atoms with E-state index in [0.717, 1.165) is 10.2 Å². The summed E-state index contributed by atoms with van der Waals surface area (Å²) >= 11 is 3.29. The number of anilines is 1. The van der Waals surface area contributed by atoms with Gasteiger partial charge in [-0.1, -0.05) is 6.92 Å². The molecular weight excluding hydrogens is 294 g/mol. The first-order valence-corrected chi connectivity index (χ1v) is 7.30. The third-order valence-electron chi connectivity index (χ3n) is 1.77. The Morgan fingerprint density at radius 1 is 1.44 bits per heavy atom. The molecule has 0 saturated heterocycles. The summed E-state index contributed by atoms with van der Waals surface area (Å²) in [5.74, 6) is 0.0490. The third-order valence-corrected chi connectivity index (χ3v) is 3.67. The minimum atomic E-state index is -3.16. The normalized spacial score (nSPS) is 11.4. The van der Waals surface area contributed by atoms with E-state index in [9.17, 15) is 8.42 Å². The molecule has 0 atom stereocenters. The van der Waals surface area contributed by atoms with Crippen molar-refractivity contribution in [1.29, 1.82) is 0 Å². The predicted octanol–water partition coefficient (Wildman–Crippen LogP) is 1.20. The second kappa shape index (κ2) is 6.17. The fourth-order valence-electron chi connectivity index (χ4n) is 1.13. The number of nitrogens with zero attached hydrogens (tertiary/aromatic N) is 1. The molecule has 0 unspecified atom stereocenters. The highest BCUT2D eigenvalue weighted by Gasteiger charge is 2.07. The number of sulfonamides is 1. The zero-order valence-electron chi connectivity index (χ0n) is 8.90. The van der Waals surface area contributed by atoms with Crippen molar-refractivity contribution in [2.75, 3.05) is 24.2 Å². The first kappa shape index (κ1) is 13.4. The van der Waals surface area contributed by atoms with E-state index in [1.54, 1.807) is 19.3 Å². The van der Waals surface area contributed by atoms with Crippen LogP contribution in [0.5, 0.6) is 0 Å². The van der Waals surface area contributed by atoms with Crippen molar-refractivity contribution in [3.8, 4) is 0 Å². The Labute approximate surface area is 104 Å². The number of nitrogens with one attached hydrogen (secondary N) is 2. The summed E-state index contributed by atoms with van der Waals surface area (Å²) in [4.78, 5) is 3.96. The molecule has 16 heavy (non-hydrogen) atoms. The van der Waals surface area contributed by atoms with Crippen LogP contribution < -0.4 is 10.0 Å². The summed E-state index contributed by atoms with van der Waals surface area (Å²) in [6.45, 7) is 2.53. The van der Waals surface area contributed by atoms with E-state index in [4.69, 9.17) is 0 Å². The molecule has 0 spiro atoms. The lowest BCUT2D eigenvalue weighted by atomic mass is 10.4. The zero-order chi connectivity index (χ0) is 12.0. The maximum absolute atomic E-state index is 11.3. The molecule has 0 aliphatic heterocycles. The largest absolute Gasteiger partial charge is 0.383 e. The molecule has 1 heterocycles. The molecule has 0 aliphatic carbocycles. The van der Waals surface area contributed by atoms with Gasteiger partial charge in [-0.05, 0) is 22.0 Å². The second-order valence-electron chi connectivity index (χ2n) is 3.14. The number of pyridine rings is 1. The van der Waals surface area contributed by atoms with E-state index in [2.05, 4.69) is 31.0 Å². The van der Waals surface area contributed by atoms with Crippen LogP contribution in [0.25, 0.3) is 0 Å². The molecule has 5 nitrogen and oxygen atoms in total. The highest BCUT2D eigenvalue weighted by atomic mass is 79.9. The SMILES string of the molecule is CCNS(=O)(=O)CCNc1cncc(Br)c1. The van der Waals surface area contributed by atoms with Gasteiger partial charge in [0.25, 0.3) is 0 Å². The average Bonchev–Trinajstić information content (AvgIpc) is 2.17. The topological polar surface area (TPSA) is 71.1 Å². The molecule has 1 aromatic rings. The first-order chi connectivity index (χ1) is 7.53. The van der Waals surface area contributed by atoms with Gasteiger partial charge in [0.1, 0.15) is 0 Å². The van der Waals surface area contributed by atoms with E-state index in [0.29, 0.717) is 13.1 Å². The van der Waals surface area contributed by atoms with Gasteiger partial charge < -0.3 is 5.32 Å². The molecule has 2 N–H and O–H groups in total. The number of hydrogen-bond acceptors (Lipinski definition) is 4. The monoisotopic (exact) mass is 307 g/mol. The van der Waals surface area contributed by atoms with E-state index in [-0.39, 0.29) is 5.75 Å². The molecule has 0 amide bonds. The second-order valence-corrected chi connectivity index (χ2v) is 5.98. The molecule has 0 saturated carbocycles. The fraction of sp³-hybridized carbons (Fsp3) is 0.444. The summed E-state index contributed by atoms with van der Waals surface area (Å²) in [6, 6.07) is 1.84. The molecule has 0 aliphatic rings. The molecule has 0 radical (unpaired) electrons. The highest BCUT2D eigenvalue weighted by Crippen LogP contribution is 2.13. The van der Waals surface area contributed by atoms with Crippen molar-refractivity contribution >= 4 is 31.6 Å². The summed E-state index contributed by atoms with van der Waals surface area (Å²) in [6.07, 6.45) is 3.31. The lowest BCUT2D eigenvalue weighted by Crippen LogP contribution is -2.29. The molecule has 7 heteroatoms. The van der Waals surface area contributed by atoms with Gasteiger partial charge in [-0.3, -0.25) is 4.98 Å². The van der Waals surface area contributed by atoms with Crippen molar-refractivity contribution in [2.45, 2.75) is 6.92 Å². The van der Waals surface area contributed by atoms with Crippen molar-refractivity contribution in [3.63, 3.8) is 0 Å². The van der Waals surface area contributed by atoms with Crippen LogP contribution in [0.3, 0.4) is 0 Å². The Balaban J connectivity index is 2.42. The Bertz CT molecular complexity index is 436. The summed E-state index contributed by atoms with van der Waals surface area (Å²) in [5.41, 5.74) is 0.793. The third kappa shape index (κ3) is 4.91. The standard InChI is InChI=1S/C9H14BrN3O2S/c1-2-13-16(14,15)4-3-12-9-5-8(10)6-11-7-9/h5-7,12-13H,2-4H2,1H3. The van der Waals surface area contributed by atoms with Crippen LogP contribution in [0.2, 0.25) is 0 Å². The molecule has 0 bridgehead atoms. The van der Waals surface area contributed by atoms with Gasteiger partial charge in [-0.2, -0.15) is 0 Å². The van der Waals surface area contributed by atoms with Crippen molar-refractivity contribution < 1.29 is 8.42 Å². The molecule has 1 aromatic heterocycles. The van der Waals surface area contributed by atoms with E-state index < -0.39 is 10.0 Å². The van der Waals surface area contributed by atoms with Gasteiger partial charge in [0.05, 0.1) is 17.6 Å². The summed E-state index contributed by atoms with van der Waals surface area (Å²) in [7, 11) is -3.16. The number of aromatic nitrogens is 1. The maximum Gasteiger partial charge on any atom is 0.213 e. The lowest BCUT2D eigenvalue weighted by Gasteiger charge is -2.07. The predicted molar refractivity (Wildman–Crippen MR) is 67.9 cm³/mol. The van der Waals surface area contributed by atoms with Gasteiger partial charge in [0.15, 0.2) is 0 Å². The quantitative estimate of drug-likeness (QED) is 0.828. The van der Waals surface area contributed by atoms with Crippen molar-refractivity contribution in [2.24, 2.45) is 0 Å². The van der Waals surface area contributed by atoms with Gasteiger partial charge in [-0.25, -0.2) is 13.1 Å². The Morgan fingerprint density at radius 2 is 2.19 bits per heavy atom. The van der Waals surface area contributed by atoms with E-state index in [1.807, 2.05) is 6.07 Å². The minimum absolute atomic E-state index is 0.0490. The van der Waals surface area contributed by atoms with Gasteiger partial charge in [0.2, 0.25) is 10.0 Å². The molecule has 1 rings (SSSR count). The smallest absolute Gasteiger partial charge is 0.213 e. The van der Waals surface area contributed by atoms with Crippen LogP contribution in [0.4, 0.5) is 5.69 Å². The van der Waals surface area contributed by atoms with Crippen LogP contribution in [-0.2, 0) is 10.0 Å². The Kier molecular flexibility index (Phi) is 5.17. The zero-order valence-corrected chi connectivity index (χ0v) is 11.3. The van der Waals surface area contributed by atoms with E-state index >= 15 is 0 Å². The lowest BCUT2D eigenvalue weighted by molar-refractivity contribution is 0.584. The van der Waals surface area contributed by atoms with Crippen LogP contribution in [0.1, 0.15) is 6.92 Å². The van der Waals surface area contributed by atoms with Crippen LogP contribution in [0.15, 0.2) is 22.9 Å². The molecule has 0 fully saturated rings. The van der Waals surface area contributed by atoms with Gasteiger partial charge in [-0.15, -0.1) is 0 Å². The number of rotatable bonds is 6. The number of halogens is 1. The van der Waals surface area contributed by atoms with Gasteiger partial charge >= 0.3 is 0 Å². The van der Waals surface area contributed by atoms with Gasteiger partial charge in [0, 0.05) is 23.8 Å². The Hall–Kier alpha value is -0.660. The Morgan fingerprint density at radius 3 is 2.81 bits per heavy atom. The van der Waals surface area contributed by atoms with E-state index in [1.165, 1.54) is 0 Å². The maximum atomic E-state index is 11.3. The highest BCUT2D eigenvalue weighted by molar-refractivity contribution is 9.10. The molecular formula is C9H14BrN3O2S. The fourth-order valence-corrected chi connectivity index (χ4v) is 2.45. The summed E-state index contributed by atoms with van der Waals surface area (Å²) < 4.78 is 25.9. The minimum Gasteiger partial charge on any atom is -0.383 e. The average molecular weight is 308 g/mol. The van der Waals surface area contributed by atoms with Crippen LogP contribution >= 0.6 is 15.9 Å². The van der Waals surface area contributed by atoms with Crippen molar-refractivity contribution in [3.05, 3.63) is 22.9 Å². The van der Waals surface area contributed by atoms with Crippen molar-refractivity contribution in [1.82, 2.24) is 9.71 Å². The molecule has 0 aromatic carbocycles. The number of hydrogen-bond donors (Lipinski definition) is 2. The van der Waals surface area contributed by atoms with Crippen LogP contribution in [0, 0.1) is 0 Å². The molecule has 90 valence electrons.